The maximum atomic E-state index is 13.0. The number of anilines is 1. The molecule has 0 spiro atoms. The van der Waals surface area contributed by atoms with E-state index in [9.17, 15) is 13.2 Å². The zero-order valence-corrected chi connectivity index (χ0v) is 10.7. The number of nitrogens with zero attached hydrogens (tertiary/aromatic N) is 4. The molecule has 1 heterocycles. The molecule has 0 aliphatic carbocycles. The summed E-state index contributed by atoms with van der Waals surface area (Å²) in [6.07, 6.45) is -3.00. The van der Waals surface area contributed by atoms with Crippen LogP contribution in [-0.4, -0.2) is 21.5 Å². The molecule has 0 bridgehead atoms. The van der Waals surface area contributed by atoms with E-state index in [-0.39, 0.29) is 17.2 Å². The molecular weight excluding hydrogens is 283 g/mol. The number of hydrogen-bond donors (Lipinski definition) is 1. The lowest BCUT2D eigenvalue weighted by molar-refractivity contribution is -0.137. The van der Waals surface area contributed by atoms with E-state index in [1.807, 2.05) is 0 Å². The maximum Gasteiger partial charge on any atom is 0.418 e. The highest BCUT2D eigenvalue weighted by Crippen LogP contribution is 2.33. The van der Waals surface area contributed by atoms with Gasteiger partial charge in [-0.05, 0) is 12.1 Å². The Morgan fingerprint density at radius 1 is 1.33 bits per heavy atom. The van der Waals surface area contributed by atoms with Gasteiger partial charge in [-0.3, -0.25) is 0 Å². The summed E-state index contributed by atoms with van der Waals surface area (Å²) in [6, 6.07) is 6.67. The number of aromatic nitrogens is 3. The Morgan fingerprint density at radius 2 is 2.05 bits per heavy atom. The van der Waals surface area contributed by atoms with Gasteiger partial charge in [-0.2, -0.15) is 18.4 Å². The van der Waals surface area contributed by atoms with Gasteiger partial charge in [-0.15, -0.1) is 21.6 Å². The van der Waals surface area contributed by atoms with Crippen LogP contribution in [0.4, 0.5) is 19.0 Å². The molecule has 0 unspecified atom stereocenters. The van der Waals surface area contributed by atoms with E-state index in [1.54, 1.807) is 6.07 Å². The smallest absolute Gasteiger partial charge is 0.363 e. The van der Waals surface area contributed by atoms with Crippen LogP contribution in [0.3, 0.4) is 0 Å². The van der Waals surface area contributed by atoms with E-state index in [0.717, 1.165) is 10.9 Å². The van der Waals surface area contributed by atoms with E-state index in [2.05, 4.69) is 22.1 Å². The van der Waals surface area contributed by atoms with Crippen molar-refractivity contribution >= 4 is 5.82 Å². The first kappa shape index (κ1) is 14.6. The van der Waals surface area contributed by atoms with Gasteiger partial charge in [0.1, 0.15) is 6.07 Å². The number of alkyl halides is 3. The molecule has 8 heteroatoms. The molecule has 5 nitrogen and oxygen atoms in total. The van der Waals surface area contributed by atoms with Gasteiger partial charge in [-0.1, -0.05) is 18.2 Å². The van der Waals surface area contributed by atoms with Crippen LogP contribution in [0.2, 0.25) is 0 Å². The van der Waals surface area contributed by atoms with Crippen molar-refractivity contribution in [2.24, 2.45) is 0 Å². The lowest BCUT2D eigenvalue weighted by Gasteiger charge is -2.11. The second-order valence-electron chi connectivity index (χ2n) is 3.98. The highest BCUT2D eigenvalue weighted by Gasteiger charge is 2.34. The second-order valence-corrected chi connectivity index (χ2v) is 3.98. The Hall–Kier alpha value is -2.82. The van der Waals surface area contributed by atoms with Crippen LogP contribution in [0.25, 0.3) is 5.69 Å². The number of nitriles is 1. The second kappa shape index (κ2) is 5.66. The largest absolute Gasteiger partial charge is 0.418 e. The summed E-state index contributed by atoms with van der Waals surface area (Å²) in [5.74, 6) is 0.106. The molecule has 0 amide bonds. The van der Waals surface area contributed by atoms with Gasteiger partial charge >= 0.3 is 6.18 Å². The monoisotopic (exact) mass is 293 g/mol. The summed E-state index contributed by atoms with van der Waals surface area (Å²) >= 11 is 0. The van der Waals surface area contributed by atoms with Gasteiger partial charge in [0.25, 0.3) is 0 Å². The van der Waals surface area contributed by atoms with Crippen molar-refractivity contribution in [2.45, 2.75) is 6.18 Å². The van der Waals surface area contributed by atoms with Crippen molar-refractivity contribution in [3.8, 4) is 11.8 Å². The topological polar surface area (TPSA) is 66.5 Å². The molecule has 108 valence electrons. The molecule has 1 N–H and O–H groups in total. The Kier molecular flexibility index (Phi) is 3.93. The third kappa shape index (κ3) is 3.02. The van der Waals surface area contributed by atoms with Crippen molar-refractivity contribution in [1.29, 1.82) is 5.26 Å². The minimum Gasteiger partial charge on any atom is -0.363 e. The molecule has 0 aliphatic rings. The van der Waals surface area contributed by atoms with E-state index < -0.39 is 11.7 Å². The van der Waals surface area contributed by atoms with Crippen LogP contribution in [0.5, 0.6) is 0 Å². The highest BCUT2D eigenvalue weighted by atomic mass is 19.4. The molecule has 21 heavy (non-hydrogen) atoms. The first-order valence-electron chi connectivity index (χ1n) is 5.86. The van der Waals surface area contributed by atoms with Crippen LogP contribution in [-0.2, 0) is 6.18 Å². The fourth-order valence-electron chi connectivity index (χ4n) is 1.67. The van der Waals surface area contributed by atoms with Crippen LogP contribution in [0, 0.1) is 11.3 Å². The third-order valence-corrected chi connectivity index (χ3v) is 2.56. The van der Waals surface area contributed by atoms with Gasteiger partial charge in [0.15, 0.2) is 5.82 Å². The standard InChI is InChI=1S/C13H10F3N5/c1-2-7-18-12-10(8-17)19-21(20-12)11-6-4-3-5-9(11)13(14,15)16/h2-6H,1,7H2,(H,18,20). The van der Waals surface area contributed by atoms with Crippen molar-refractivity contribution in [3.05, 3.63) is 48.2 Å². The Labute approximate surface area is 118 Å². The lowest BCUT2D eigenvalue weighted by atomic mass is 10.2. The average Bonchev–Trinajstić information content (AvgIpc) is 2.87. The summed E-state index contributed by atoms with van der Waals surface area (Å²) in [7, 11) is 0. The average molecular weight is 293 g/mol. The number of nitrogens with one attached hydrogen (secondary N) is 1. The summed E-state index contributed by atoms with van der Waals surface area (Å²) < 4.78 is 38.9. The fourth-order valence-corrected chi connectivity index (χ4v) is 1.67. The zero-order valence-electron chi connectivity index (χ0n) is 10.7. The van der Waals surface area contributed by atoms with Crippen molar-refractivity contribution in [3.63, 3.8) is 0 Å². The predicted molar refractivity (Wildman–Crippen MR) is 69.8 cm³/mol. The third-order valence-electron chi connectivity index (χ3n) is 2.56. The summed E-state index contributed by atoms with van der Waals surface area (Å²) in [5, 5.41) is 19.4. The van der Waals surface area contributed by atoms with Crippen LogP contribution >= 0.6 is 0 Å². The predicted octanol–water partition coefficient (Wildman–Crippen LogP) is 2.76. The molecule has 0 saturated carbocycles. The molecule has 0 fully saturated rings. The van der Waals surface area contributed by atoms with Gasteiger partial charge in [0.05, 0.1) is 11.3 Å². The van der Waals surface area contributed by atoms with E-state index in [4.69, 9.17) is 5.26 Å². The Balaban J connectivity index is 2.51. The van der Waals surface area contributed by atoms with Gasteiger partial charge < -0.3 is 5.32 Å². The molecule has 1 aromatic heterocycles. The lowest BCUT2D eigenvalue weighted by Crippen LogP contribution is -2.12. The summed E-state index contributed by atoms with van der Waals surface area (Å²) in [5.41, 5.74) is -1.21. The Morgan fingerprint density at radius 3 is 2.67 bits per heavy atom. The first-order chi connectivity index (χ1) is 9.97. The van der Waals surface area contributed by atoms with Crippen molar-refractivity contribution in [2.75, 3.05) is 11.9 Å². The van der Waals surface area contributed by atoms with Crippen LogP contribution in [0.15, 0.2) is 36.9 Å². The number of halogens is 3. The quantitative estimate of drug-likeness (QED) is 0.880. The van der Waals surface area contributed by atoms with Gasteiger partial charge in [0, 0.05) is 6.54 Å². The number of hydrogen-bond acceptors (Lipinski definition) is 4. The molecule has 1 aromatic carbocycles. The molecule has 2 rings (SSSR count). The molecule has 0 aliphatic heterocycles. The van der Waals surface area contributed by atoms with Crippen molar-refractivity contribution in [1.82, 2.24) is 15.0 Å². The molecule has 0 saturated heterocycles. The number of rotatable bonds is 4. The van der Waals surface area contributed by atoms with Crippen LogP contribution in [0.1, 0.15) is 11.3 Å². The Bertz CT molecular complexity index is 697. The number of para-hydroxylation sites is 1. The molecule has 2 aromatic rings. The zero-order chi connectivity index (χ0) is 15.5. The minimum atomic E-state index is -4.54. The summed E-state index contributed by atoms with van der Waals surface area (Å²) in [4.78, 5) is 0.798. The molecule has 0 atom stereocenters. The maximum absolute atomic E-state index is 13.0. The van der Waals surface area contributed by atoms with E-state index >= 15 is 0 Å². The minimum absolute atomic E-state index is 0.0890. The molecule has 0 radical (unpaired) electrons. The summed E-state index contributed by atoms with van der Waals surface area (Å²) in [6.45, 7) is 3.81. The van der Waals surface area contributed by atoms with E-state index in [0.29, 0.717) is 6.54 Å². The van der Waals surface area contributed by atoms with Gasteiger partial charge in [-0.25, -0.2) is 0 Å². The van der Waals surface area contributed by atoms with Gasteiger partial charge in [0.2, 0.25) is 5.69 Å². The van der Waals surface area contributed by atoms with Crippen LogP contribution < -0.4 is 5.32 Å². The highest BCUT2D eigenvalue weighted by molar-refractivity contribution is 5.49. The van der Waals surface area contributed by atoms with E-state index in [1.165, 1.54) is 24.3 Å². The molecular formula is C13H10F3N5. The SMILES string of the molecule is C=CCNc1nn(-c2ccccc2C(F)(F)F)nc1C#N. The first-order valence-corrected chi connectivity index (χ1v) is 5.86. The fraction of sp³-hybridized carbons (Fsp3) is 0.154. The van der Waals surface area contributed by atoms with Crippen molar-refractivity contribution < 1.29 is 13.2 Å². The number of benzene rings is 1. The normalized spacial score (nSPS) is 11.0.